The highest BCUT2D eigenvalue weighted by Crippen LogP contribution is 2.40. The third-order valence-corrected chi connectivity index (χ3v) is 6.08. The zero-order valence-corrected chi connectivity index (χ0v) is 14.2. The van der Waals surface area contributed by atoms with Crippen molar-refractivity contribution < 1.29 is 0 Å². The average molecular weight is 320 g/mol. The molecule has 21 heavy (non-hydrogen) atoms. The summed E-state index contributed by atoms with van der Waals surface area (Å²) in [5.74, 6) is 0.626. The van der Waals surface area contributed by atoms with Gasteiger partial charge in [-0.25, -0.2) is 0 Å². The Morgan fingerprint density at radius 3 is 2.62 bits per heavy atom. The van der Waals surface area contributed by atoms with Crippen molar-refractivity contribution in [1.29, 1.82) is 0 Å². The molecule has 1 saturated carbocycles. The summed E-state index contributed by atoms with van der Waals surface area (Å²) >= 11 is 8.13. The van der Waals surface area contributed by atoms with Crippen LogP contribution in [0.2, 0.25) is 5.02 Å². The van der Waals surface area contributed by atoms with Crippen molar-refractivity contribution in [3.8, 4) is 0 Å². The van der Waals surface area contributed by atoms with Crippen LogP contribution in [0, 0.1) is 0 Å². The van der Waals surface area contributed by atoms with Gasteiger partial charge in [-0.3, -0.25) is 0 Å². The molecular weight excluding hydrogens is 298 g/mol. The Labute approximate surface area is 136 Å². The summed E-state index contributed by atoms with van der Waals surface area (Å²) in [6.07, 6.45) is 2.40. The second-order valence-corrected chi connectivity index (χ2v) is 7.98. The molecule has 1 fully saturated rings. The highest BCUT2D eigenvalue weighted by molar-refractivity contribution is 7.10. The summed E-state index contributed by atoms with van der Waals surface area (Å²) in [5, 5.41) is 6.81. The minimum absolute atomic E-state index is 0.212. The standard InChI is InChI=1S/C18H22ClNS/c1-18(2,17-8-5-9-21-17)12-20-14-10-13(11-14)15-6-3-4-7-16(15)19/h3-9,13-14,20H,10-12H2,1-2H3. The molecule has 3 rings (SSSR count). The molecule has 0 radical (unpaired) electrons. The van der Waals surface area contributed by atoms with E-state index in [9.17, 15) is 0 Å². The first-order chi connectivity index (χ1) is 10.1. The number of thiophene rings is 1. The van der Waals surface area contributed by atoms with E-state index in [4.69, 9.17) is 11.6 Å². The highest BCUT2D eigenvalue weighted by Gasteiger charge is 2.32. The number of hydrogen-bond acceptors (Lipinski definition) is 2. The minimum atomic E-state index is 0.212. The van der Waals surface area contributed by atoms with Gasteiger partial charge in [0.25, 0.3) is 0 Å². The summed E-state index contributed by atoms with van der Waals surface area (Å²) in [4.78, 5) is 1.46. The number of benzene rings is 1. The number of hydrogen-bond donors (Lipinski definition) is 1. The Hall–Kier alpha value is -0.830. The molecule has 1 heterocycles. The Morgan fingerprint density at radius 2 is 1.95 bits per heavy atom. The van der Waals surface area contributed by atoms with Crippen LogP contribution >= 0.6 is 22.9 Å². The van der Waals surface area contributed by atoms with E-state index in [0.717, 1.165) is 11.6 Å². The summed E-state index contributed by atoms with van der Waals surface area (Å²) in [6, 6.07) is 13.3. The van der Waals surface area contributed by atoms with Gasteiger partial charge in [0.05, 0.1) is 0 Å². The van der Waals surface area contributed by atoms with Gasteiger partial charge in [-0.05, 0) is 41.8 Å². The largest absolute Gasteiger partial charge is 0.313 e. The highest BCUT2D eigenvalue weighted by atomic mass is 35.5. The SMILES string of the molecule is CC(C)(CNC1CC(c2ccccc2Cl)C1)c1cccs1. The van der Waals surface area contributed by atoms with E-state index >= 15 is 0 Å². The average Bonchev–Trinajstić information content (AvgIpc) is 2.93. The summed E-state index contributed by atoms with van der Waals surface area (Å²) < 4.78 is 0. The van der Waals surface area contributed by atoms with E-state index in [1.165, 1.54) is 23.3 Å². The van der Waals surface area contributed by atoms with Gasteiger partial charge in [0.15, 0.2) is 0 Å². The van der Waals surface area contributed by atoms with Crippen LogP contribution in [0.25, 0.3) is 0 Å². The molecule has 1 aromatic heterocycles. The lowest BCUT2D eigenvalue weighted by Gasteiger charge is -2.38. The van der Waals surface area contributed by atoms with Gasteiger partial charge < -0.3 is 5.32 Å². The van der Waals surface area contributed by atoms with Gasteiger partial charge >= 0.3 is 0 Å². The Morgan fingerprint density at radius 1 is 1.19 bits per heavy atom. The van der Waals surface area contributed by atoms with Crippen molar-refractivity contribution in [3.63, 3.8) is 0 Å². The van der Waals surface area contributed by atoms with Crippen LogP contribution in [0.4, 0.5) is 0 Å². The first kappa shape index (κ1) is 15.1. The molecule has 0 saturated heterocycles. The summed E-state index contributed by atoms with van der Waals surface area (Å²) in [6.45, 7) is 5.67. The fourth-order valence-corrected chi connectivity index (χ4v) is 4.14. The van der Waals surface area contributed by atoms with Gasteiger partial charge in [0.1, 0.15) is 0 Å². The van der Waals surface area contributed by atoms with Gasteiger partial charge in [0, 0.05) is 27.9 Å². The van der Waals surface area contributed by atoms with Gasteiger partial charge in [0.2, 0.25) is 0 Å². The van der Waals surface area contributed by atoms with Crippen molar-refractivity contribution in [2.45, 2.75) is 44.1 Å². The number of halogens is 1. The fourth-order valence-electron chi connectivity index (χ4n) is 2.99. The van der Waals surface area contributed by atoms with E-state index in [0.29, 0.717) is 12.0 Å². The molecule has 0 spiro atoms. The molecular formula is C18H22ClNS. The lowest BCUT2D eigenvalue weighted by atomic mass is 9.75. The molecule has 3 heteroatoms. The third kappa shape index (κ3) is 3.33. The van der Waals surface area contributed by atoms with Gasteiger partial charge in [-0.1, -0.05) is 49.7 Å². The maximum Gasteiger partial charge on any atom is 0.0440 e. The summed E-state index contributed by atoms with van der Waals surface area (Å²) in [7, 11) is 0. The van der Waals surface area contributed by atoms with E-state index in [-0.39, 0.29) is 5.41 Å². The molecule has 0 bridgehead atoms. The van der Waals surface area contributed by atoms with Crippen molar-refractivity contribution in [2.75, 3.05) is 6.54 Å². The molecule has 1 aliphatic carbocycles. The van der Waals surface area contributed by atoms with Crippen molar-refractivity contribution in [2.24, 2.45) is 0 Å². The molecule has 1 aliphatic rings. The molecule has 1 nitrogen and oxygen atoms in total. The third-order valence-electron chi connectivity index (χ3n) is 4.50. The Balaban J connectivity index is 1.51. The molecule has 0 atom stereocenters. The minimum Gasteiger partial charge on any atom is -0.313 e. The first-order valence-corrected chi connectivity index (χ1v) is 8.84. The van der Waals surface area contributed by atoms with Crippen LogP contribution < -0.4 is 5.32 Å². The fraction of sp³-hybridized carbons (Fsp3) is 0.444. The first-order valence-electron chi connectivity index (χ1n) is 7.58. The quantitative estimate of drug-likeness (QED) is 0.797. The zero-order valence-electron chi connectivity index (χ0n) is 12.6. The molecule has 0 amide bonds. The molecule has 1 aromatic carbocycles. The smallest absolute Gasteiger partial charge is 0.0440 e. The zero-order chi connectivity index (χ0) is 14.9. The monoisotopic (exact) mass is 319 g/mol. The van der Waals surface area contributed by atoms with Crippen LogP contribution in [0.1, 0.15) is 43.0 Å². The topological polar surface area (TPSA) is 12.0 Å². The maximum atomic E-state index is 6.28. The van der Waals surface area contributed by atoms with Gasteiger partial charge in [-0.2, -0.15) is 0 Å². The van der Waals surface area contributed by atoms with Crippen LogP contribution in [-0.4, -0.2) is 12.6 Å². The van der Waals surface area contributed by atoms with Crippen molar-refractivity contribution >= 4 is 22.9 Å². The molecule has 2 aromatic rings. The predicted octanol–water partition coefficient (Wildman–Crippen LogP) is 5.21. The Bertz CT molecular complexity index is 585. The van der Waals surface area contributed by atoms with Crippen LogP contribution in [0.3, 0.4) is 0 Å². The van der Waals surface area contributed by atoms with E-state index in [2.05, 4.69) is 48.8 Å². The van der Waals surface area contributed by atoms with Crippen molar-refractivity contribution in [1.82, 2.24) is 5.32 Å². The van der Waals surface area contributed by atoms with E-state index < -0.39 is 0 Å². The van der Waals surface area contributed by atoms with Gasteiger partial charge in [-0.15, -0.1) is 11.3 Å². The Kier molecular flexibility index (Phi) is 4.39. The number of rotatable bonds is 5. The summed E-state index contributed by atoms with van der Waals surface area (Å²) in [5.41, 5.74) is 1.53. The molecule has 1 N–H and O–H groups in total. The van der Waals surface area contributed by atoms with E-state index in [1.807, 2.05) is 23.5 Å². The van der Waals surface area contributed by atoms with Crippen LogP contribution in [-0.2, 0) is 5.41 Å². The normalized spacial score (nSPS) is 22.0. The lowest BCUT2D eigenvalue weighted by molar-refractivity contribution is 0.273. The molecule has 112 valence electrons. The van der Waals surface area contributed by atoms with E-state index in [1.54, 1.807) is 0 Å². The van der Waals surface area contributed by atoms with Crippen molar-refractivity contribution in [3.05, 3.63) is 57.2 Å². The lowest BCUT2D eigenvalue weighted by Crippen LogP contribution is -2.45. The number of nitrogens with one attached hydrogen (secondary N) is 1. The second kappa shape index (κ2) is 6.12. The second-order valence-electron chi connectivity index (χ2n) is 6.63. The van der Waals surface area contributed by atoms with Crippen LogP contribution in [0.5, 0.6) is 0 Å². The predicted molar refractivity (Wildman–Crippen MR) is 92.6 cm³/mol. The molecule has 0 aliphatic heterocycles. The molecule has 0 unspecified atom stereocenters. The maximum absolute atomic E-state index is 6.28. The van der Waals surface area contributed by atoms with Crippen LogP contribution in [0.15, 0.2) is 41.8 Å².